The van der Waals surface area contributed by atoms with Crippen molar-refractivity contribution in [1.29, 1.82) is 0 Å². The highest BCUT2D eigenvalue weighted by Crippen LogP contribution is 2.26. The number of furan rings is 1. The summed E-state index contributed by atoms with van der Waals surface area (Å²) in [6, 6.07) is 5.41. The molecule has 3 rings (SSSR count). The summed E-state index contributed by atoms with van der Waals surface area (Å²) in [6.45, 7) is 0.790. The molecule has 1 aromatic heterocycles. The third-order valence-corrected chi connectivity index (χ3v) is 5.20. The smallest absolute Gasteiger partial charge is 0.306 e. The molecule has 1 aromatic carbocycles. The Balaban J connectivity index is 1.56. The number of carboxylic acids is 1. The Hall–Kier alpha value is -3.03. The van der Waals surface area contributed by atoms with Gasteiger partial charge in [0.25, 0.3) is 0 Å². The second kappa shape index (κ2) is 8.33. The Morgan fingerprint density at radius 3 is 2.64 bits per heavy atom. The summed E-state index contributed by atoms with van der Waals surface area (Å²) in [7, 11) is 3.17. The van der Waals surface area contributed by atoms with Crippen LogP contribution in [0.5, 0.6) is 5.75 Å². The van der Waals surface area contributed by atoms with Crippen molar-refractivity contribution in [3.63, 3.8) is 0 Å². The molecule has 2 aromatic rings. The Kier molecular flexibility index (Phi) is 5.87. The molecule has 8 heteroatoms. The molecule has 0 saturated carbocycles. The molecule has 1 aliphatic rings. The number of ether oxygens (including phenoxy) is 1. The van der Waals surface area contributed by atoms with Crippen molar-refractivity contribution in [3.05, 3.63) is 30.0 Å². The fourth-order valence-corrected chi connectivity index (χ4v) is 3.39. The number of fused-ring (bicyclic) bond motifs is 1. The Bertz CT molecular complexity index is 882. The van der Waals surface area contributed by atoms with Crippen LogP contribution < -0.4 is 4.74 Å². The number of likely N-dealkylation sites (N-methyl/N-ethyl adjacent to an activating group) is 1. The van der Waals surface area contributed by atoms with Crippen molar-refractivity contribution in [2.45, 2.75) is 19.3 Å². The van der Waals surface area contributed by atoms with Crippen LogP contribution in [0.3, 0.4) is 0 Å². The Morgan fingerprint density at radius 1 is 1.29 bits per heavy atom. The normalized spacial score (nSPS) is 14.9. The molecule has 28 heavy (non-hydrogen) atoms. The van der Waals surface area contributed by atoms with E-state index in [4.69, 9.17) is 14.3 Å². The molecule has 2 amide bonds. The number of nitrogens with zero attached hydrogens (tertiary/aromatic N) is 2. The minimum atomic E-state index is -0.815. The first-order chi connectivity index (χ1) is 13.4. The van der Waals surface area contributed by atoms with Crippen LogP contribution in [0.4, 0.5) is 0 Å². The topological polar surface area (TPSA) is 100 Å². The van der Waals surface area contributed by atoms with Crippen LogP contribution in [0.1, 0.15) is 18.4 Å². The number of hydrogen-bond donors (Lipinski definition) is 1. The van der Waals surface area contributed by atoms with Crippen LogP contribution in [-0.2, 0) is 20.8 Å². The average molecular weight is 388 g/mol. The van der Waals surface area contributed by atoms with Crippen LogP contribution in [0, 0.1) is 5.92 Å². The molecule has 1 saturated heterocycles. The highest BCUT2D eigenvalue weighted by molar-refractivity contribution is 5.90. The minimum Gasteiger partial charge on any atom is -0.497 e. The highest BCUT2D eigenvalue weighted by Gasteiger charge is 2.28. The Morgan fingerprint density at radius 2 is 2.00 bits per heavy atom. The van der Waals surface area contributed by atoms with Crippen LogP contribution in [-0.4, -0.2) is 66.5 Å². The second-order valence-corrected chi connectivity index (χ2v) is 7.04. The molecule has 1 aliphatic heterocycles. The third kappa shape index (κ3) is 4.27. The number of aliphatic carboxylic acids is 1. The van der Waals surface area contributed by atoms with Gasteiger partial charge in [0.05, 0.1) is 32.3 Å². The maximum atomic E-state index is 12.5. The van der Waals surface area contributed by atoms with Crippen molar-refractivity contribution in [1.82, 2.24) is 9.80 Å². The molecule has 8 nitrogen and oxygen atoms in total. The predicted molar refractivity (Wildman–Crippen MR) is 101 cm³/mol. The van der Waals surface area contributed by atoms with Gasteiger partial charge in [-0.2, -0.15) is 0 Å². The molecule has 0 spiro atoms. The van der Waals surface area contributed by atoms with Gasteiger partial charge in [0.2, 0.25) is 11.8 Å². The van der Waals surface area contributed by atoms with E-state index < -0.39 is 11.9 Å². The quantitative estimate of drug-likeness (QED) is 0.809. The average Bonchev–Trinajstić information content (AvgIpc) is 3.09. The number of piperidine rings is 1. The summed E-state index contributed by atoms with van der Waals surface area (Å²) in [5.41, 5.74) is 1.39. The largest absolute Gasteiger partial charge is 0.497 e. The van der Waals surface area contributed by atoms with Crippen molar-refractivity contribution < 1.29 is 28.6 Å². The summed E-state index contributed by atoms with van der Waals surface area (Å²) in [5, 5.41) is 9.87. The van der Waals surface area contributed by atoms with Crippen LogP contribution in [0.15, 0.2) is 28.9 Å². The first-order valence-electron chi connectivity index (χ1n) is 9.17. The number of amides is 2. The lowest BCUT2D eigenvalue weighted by molar-refractivity contribution is -0.146. The number of methoxy groups -OCH3 is 1. The van der Waals surface area contributed by atoms with E-state index in [2.05, 4.69) is 0 Å². The molecule has 1 N–H and O–H groups in total. The lowest BCUT2D eigenvalue weighted by Crippen LogP contribution is -2.45. The molecule has 2 heterocycles. The number of carbonyl (C=O) groups excluding carboxylic acids is 2. The van der Waals surface area contributed by atoms with E-state index in [9.17, 15) is 14.4 Å². The van der Waals surface area contributed by atoms with Gasteiger partial charge in [0, 0.05) is 37.2 Å². The van der Waals surface area contributed by atoms with E-state index in [1.165, 1.54) is 4.90 Å². The molecular formula is C20H24N2O6. The van der Waals surface area contributed by atoms with Gasteiger partial charge in [0.1, 0.15) is 11.3 Å². The van der Waals surface area contributed by atoms with Gasteiger partial charge >= 0.3 is 5.97 Å². The van der Waals surface area contributed by atoms with Crippen LogP contribution >= 0.6 is 0 Å². The molecule has 0 unspecified atom stereocenters. The van der Waals surface area contributed by atoms with E-state index in [-0.39, 0.29) is 24.8 Å². The van der Waals surface area contributed by atoms with Crippen LogP contribution in [0.25, 0.3) is 11.0 Å². The number of carboxylic acid groups (broad SMARTS) is 1. The minimum absolute atomic E-state index is 0.0276. The van der Waals surface area contributed by atoms with Gasteiger partial charge in [-0.1, -0.05) is 0 Å². The summed E-state index contributed by atoms with van der Waals surface area (Å²) < 4.78 is 10.7. The fraction of sp³-hybridized carbons (Fsp3) is 0.450. The van der Waals surface area contributed by atoms with E-state index in [1.54, 1.807) is 37.5 Å². The summed E-state index contributed by atoms with van der Waals surface area (Å²) in [6.07, 6.45) is 2.57. The third-order valence-electron chi connectivity index (χ3n) is 5.20. The lowest BCUT2D eigenvalue weighted by atomic mass is 9.97. The number of hydrogen-bond acceptors (Lipinski definition) is 5. The maximum absolute atomic E-state index is 12.5. The van der Waals surface area contributed by atoms with Gasteiger partial charge in [0.15, 0.2) is 0 Å². The van der Waals surface area contributed by atoms with Gasteiger partial charge in [-0.15, -0.1) is 0 Å². The molecule has 0 atom stereocenters. The van der Waals surface area contributed by atoms with Crippen molar-refractivity contribution in [2.75, 3.05) is 33.8 Å². The molecule has 0 radical (unpaired) electrons. The SMILES string of the molecule is COc1ccc2c(CC(=O)N(C)CC(=O)N3CCC(C(=O)O)CC3)coc2c1. The van der Waals surface area contributed by atoms with Gasteiger partial charge in [-0.05, 0) is 25.0 Å². The summed E-state index contributed by atoms with van der Waals surface area (Å²) in [5.74, 6) is -0.886. The summed E-state index contributed by atoms with van der Waals surface area (Å²) in [4.78, 5) is 39.0. The highest BCUT2D eigenvalue weighted by atomic mass is 16.5. The van der Waals surface area contributed by atoms with E-state index >= 15 is 0 Å². The predicted octanol–water partition coefficient (Wildman–Crippen LogP) is 1.77. The van der Waals surface area contributed by atoms with Crippen LogP contribution in [0.2, 0.25) is 0 Å². The van der Waals surface area contributed by atoms with Crippen molar-refractivity contribution >= 4 is 28.8 Å². The molecule has 0 aliphatic carbocycles. The van der Waals surface area contributed by atoms with Crippen molar-refractivity contribution in [3.8, 4) is 5.75 Å². The molecule has 0 bridgehead atoms. The number of carbonyl (C=O) groups is 3. The second-order valence-electron chi connectivity index (χ2n) is 7.04. The zero-order chi connectivity index (χ0) is 20.3. The zero-order valence-electron chi connectivity index (χ0n) is 16.0. The fourth-order valence-electron chi connectivity index (χ4n) is 3.39. The Labute approximate surface area is 162 Å². The van der Waals surface area contributed by atoms with Gasteiger partial charge < -0.3 is 24.1 Å². The van der Waals surface area contributed by atoms with E-state index in [1.807, 2.05) is 6.07 Å². The summed E-state index contributed by atoms with van der Waals surface area (Å²) >= 11 is 0. The molecule has 1 fully saturated rings. The number of benzene rings is 1. The lowest BCUT2D eigenvalue weighted by Gasteiger charge is -2.31. The van der Waals surface area contributed by atoms with Gasteiger partial charge in [-0.3, -0.25) is 14.4 Å². The molecule has 150 valence electrons. The number of likely N-dealkylation sites (tertiary alicyclic amines) is 1. The first kappa shape index (κ1) is 19.7. The standard InChI is InChI=1S/C20H24N2O6/c1-21(11-19(24)22-7-5-13(6-8-22)20(25)26)18(23)9-14-12-28-17-10-15(27-2)3-4-16(14)17/h3-4,10,12-13H,5-9,11H2,1-2H3,(H,25,26). The number of rotatable bonds is 6. The van der Waals surface area contributed by atoms with E-state index in [0.717, 1.165) is 10.9 Å². The zero-order valence-corrected chi connectivity index (χ0v) is 16.0. The first-order valence-corrected chi connectivity index (χ1v) is 9.17. The molecular weight excluding hydrogens is 364 g/mol. The van der Waals surface area contributed by atoms with Gasteiger partial charge in [-0.25, -0.2) is 0 Å². The van der Waals surface area contributed by atoms with E-state index in [0.29, 0.717) is 37.3 Å². The van der Waals surface area contributed by atoms with Crippen molar-refractivity contribution in [2.24, 2.45) is 5.92 Å². The maximum Gasteiger partial charge on any atom is 0.306 e. The monoisotopic (exact) mass is 388 g/mol.